The Hall–Kier alpha value is -3.70. The molecule has 3 aromatic rings. The van der Waals surface area contributed by atoms with Crippen LogP contribution in [0.25, 0.3) is 0 Å². The highest BCUT2D eigenvalue weighted by atomic mass is 19.4. The molecule has 12 heteroatoms. The van der Waals surface area contributed by atoms with Crippen molar-refractivity contribution in [3.05, 3.63) is 76.7 Å². The van der Waals surface area contributed by atoms with E-state index in [0.29, 0.717) is 37.2 Å². The number of aryl methyl sites for hydroxylation is 1. The number of alkyl halides is 5. The molecule has 0 saturated carbocycles. The highest BCUT2D eigenvalue weighted by Gasteiger charge is 2.40. The summed E-state index contributed by atoms with van der Waals surface area (Å²) in [5, 5.41) is 4.23. The second kappa shape index (κ2) is 10.7. The van der Waals surface area contributed by atoms with Crippen molar-refractivity contribution in [1.82, 2.24) is 14.7 Å². The van der Waals surface area contributed by atoms with Crippen molar-refractivity contribution in [3.63, 3.8) is 0 Å². The molecule has 5 rings (SSSR count). The number of carbonyl (C=O) groups excluding carboxylic acids is 1. The zero-order valence-corrected chi connectivity index (χ0v) is 22.0. The standard InChI is InChI=1S/C28H29F6N5O/c1-17-6-5-9-23(29)24(17)36-12-10-21(11-13-36)37-15-20-16-39(18(2)25(30)31)35-26(20)38(27(37)40)14-19-7-3-4-8-22(19)28(32,33)34/h3-9,16,18,21,25H,10-15H2,1-2H3/t18-/m1/s1. The van der Waals surface area contributed by atoms with Crippen LogP contribution in [0.3, 0.4) is 0 Å². The molecule has 0 radical (unpaired) electrons. The molecule has 2 amide bonds. The van der Waals surface area contributed by atoms with E-state index in [4.69, 9.17) is 0 Å². The minimum atomic E-state index is -4.64. The Morgan fingerprint density at radius 1 is 1.05 bits per heavy atom. The third-order valence-corrected chi connectivity index (χ3v) is 7.70. The molecule has 1 fully saturated rings. The van der Waals surface area contributed by atoms with Crippen molar-refractivity contribution in [2.24, 2.45) is 0 Å². The third-order valence-electron chi connectivity index (χ3n) is 7.70. The zero-order chi connectivity index (χ0) is 28.8. The summed E-state index contributed by atoms with van der Waals surface area (Å²) in [4.78, 5) is 18.5. The number of carbonyl (C=O) groups is 1. The number of halogens is 6. The minimum Gasteiger partial charge on any atom is -0.369 e. The topological polar surface area (TPSA) is 44.6 Å². The van der Waals surface area contributed by atoms with Gasteiger partial charge < -0.3 is 9.80 Å². The van der Waals surface area contributed by atoms with E-state index in [2.05, 4.69) is 5.10 Å². The second-order valence-electron chi connectivity index (χ2n) is 10.3. The monoisotopic (exact) mass is 565 g/mol. The number of rotatable bonds is 6. The van der Waals surface area contributed by atoms with E-state index in [1.807, 2.05) is 17.9 Å². The van der Waals surface area contributed by atoms with Gasteiger partial charge in [0.2, 0.25) is 0 Å². The van der Waals surface area contributed by atoms with E-state index < -0.39 is 36.8 Å². The summed E-state index contributed by atoms with van der Waals surface area (Å²) < 4.78 is 83.8. The molecule has 2 aromatic carbocycles. The van der Waals surface area contributed by atoms with E-state index in [1.165, 1.54) is 37.4 Å². The van der Waals surface area contributed by atoms with Crippen LogP contribution in [0.4, 0.5) is 42.6 Å². The number of fused-ring (bicyclic) bond motifs is 1. The highest BCUT2D eigenvalue weighted by Crippen LogP contribution is 2.37. The van der Waals surface area contributed by atoms with E-state index in [1.54, 1.807) is 11.0 Å². The molecule has 2 aliphatic heterocycles. The molecular formula is C28H29F6N5O. The van der Waals surface area contributed by atoms with Crippen LogP contribution in [-0.2, 0) is 19.3 Å². The molecule has 2 aliphatic rings. The smallest absolute Gasteiger partial charge is 0.369 e. The molecule has 1 saturated heterocycles. The normalized spacial score (nSPS) is 17.5. The van der Waals surface area contributed by atoms with Crippen LogP contribution in [0.2, 0.25) is 0 Å². The summed E-state index contributed by atoms with van der Waals surface area (Å²) in [6.07, 6.45) is -4.92. The van der Waals surface area contributed by atoms with Gasteiger partial charge in [-0.2, -0.15) is 18.3 Å². The van der Waals surface area contributed by atoms with Crippen LogP contribution in [-0.4, -0.2) is 46.3 Å². The predicted octanol–water partition coefficient (Wildman–Crippen LogP) is 6.79. The number of nitrogens with zero attached hydrogens (tertiary/aromatic N) is 5. The van der Waals surface area contributed by atoms with E-state index in [9.17, 15) is 31.1 Å². The van der Waals surface area contributed by atoms with Gasteiger partial charge in [-0.15, -0.1) is 0 Å². The van der Waals surface area contributed by atoms with Gasteiger partial charge in [-0.05, 0) is 49.9 Å². The van der Waals surface area contributed by atoms with Crippen LogP contribution < -0.4 is 9.80 Å². The second-order valence-corrected chi connectivity index (χ2v) is 10.3. The van der Waals surface area contributed by atoms with Crippen LogP contribution >= 0.6 is 0 Å². The molecular weight excluding hydrogens is 536 g/mol. The van der Waals surface area contributed by atoms with E-state index >= 15 is 0 Å². The average molecular weight is 566 g/mol. The molecule has 1 aromatic heterocycles. The van der Waals surface area contributed by atoms with Crippen molar-refractivity contribution in [2.45, 2.75) is 64.5 Å². The number of piperidine rings is 1. The van der Waals surface area contributed by atoms with Gasteiger partial charge >= 0.3 is 12.2 Å². The lowest BCUT2D eigenvalue weighted by molar-refractivity contribution is -0.138. The van der Waals surface area contributed by atoms with Gasteiger partial charge in [-0.1, -0.05) is 30.3 Å². The van der Waals surface area contributed by atoms with Gasteiger partial charge in [0.25, 0.3) is 6.43 Å². The molecule has 0 unspecified atom stereocenters. The fourth-order valence-corrected chi connectivity index (χ4v) is 5.54. The first-order valence-electron chi connectivity index (χ1n) is 13.0. The maximum Gasteiger partial charge on any atom is 0.416 e. The number of amides is 2. The van der Waals surface area contributed by atoms with Crippen LogP contribution in [0, 0.1) is 12.7 Å². The number of aromatic nitrogens is 2. The lowest BCUT2D eigenvalue weighted by atomic mass is 10.00. The van der Waals surface area contributed by atoms with Gasteiger partial charge in [0.1, 0.15) is 11.9 Å². The lowest BCUT2D eigenvalue weighted by Gasteiger charge is -2.43. The van der Waals surface area contributed by atoms with Gasteiger partial charge in [0.15, 0.2) is 5.82 Å². The van der Waals surface area contributed by atoms with Gasteiger partial charge in [0.05, 0.1) is 24.3 Å². The molecule has 40 heavy (non-hydrogen) atoms. The first kappa shape index (κ1) is 27.9. The summed E-state index contributed by atoms with van der Waals surface area (Å²) >= 11 is 0. The Bertz CT molecular complexity index is 1360. The molecule has 0 aliphatic carbocycles. The molecule has 3 heterocycles. The maximum absolute atomic E-state index is 14.6. The minimum absolute atomic E-state index is 0.0742. The van der Waals surface area contributed by atoms with E-state index in [-0.39, 0.29) is 29.8 Å². The van der Waals surface area contributed by atoms with Crippen LogP contribution in [0.1, 0.15) is 48.1 Å². The van der Waals surface area contributed by atoms with E-state index in [0.717, 1.165) is 21.2 Å². The van der Waals surface area contributed by atoms with Gasteiger partial charge in [-0.25, -0.2) is 18.0 Å². The average Bonchev–Trinajstić information content (AvgIpc) is 3.34. The summed E-state index contributed by atoms with van der Waals surface area (Å²) in [5.74, 6) is -0.252. The molecule has 214 valence electrons. The maximum atomic E-state index is 14.6. The SMILES string of the molecule is Cc1cccc(F)c1N1CCC(N2Cc3cn([C@H](C)C(F)F)nc3N(Cc3ccccc3C(F)(F)F)C2=O)CC1. The van der Waals surface area contributed by atoms with Crippen molar-refractivity contribution in [1.29, 1.82) is 0 Å². The Morgan fingerprint density at radius 3 is 2.40 bits per heavy atom. The Kier molecular flexibility index (Phi) is 7.45. The molecule has 0 N–H and O–H groups in total. The van der Waals surface area contributed by atoms with Crippen LogP contribution in [0.5, 0.6) is 0 Å². The zero-order valence-electron chi connectivity index (χ0n) is 22.0. The third kappa shape index (κ3) is 5.23. The molecule has 1 atom stereocenters. The fraction of sp³-hybridized carbons (Fsp3) is 0.429. The van der Waals surface area contributed by atoms with Crippen LogP contribution in [0.15, 0.2) is 48.7 Å². The van der Waals surface area contributed by atoms with Crippen molar-refractivity contribution < 1.29 is 31.1 Å². The van der Waals surface area contributed by atoms with Crippen molar-refractivity contribution in [3.8, 4) is 0 Å². The first-order valence-corrected chi connectivity index (χ1v) is 13.0. The van der Waals surface area contributed by atoms with Gasteiger partial charge in [-0.3, -0.25) is 9.58 Å². The summed E-state index contributed by atoms with van der Waals surface area (Å²) in [6, 6.07) is 7.73. The summed E-state index contributed by atoms with van der Waals surface area (Å²) in [7, 11) is 0. The number of benzene rings is 2. The van der Waals surface area contributed by atoms with Crippen molar-refractivity contribution in [2.75, 3.05) is 22.9 Å². The lowest BCUT2D eigenvalue weighted by Crippen LogP contribution is -2.54. The largest absolute Gasteiger partial charge is 0.416 e. The fourth-order valence-electron chi connectivity index (χ4n) is 5.54. The quantitative estimate of drug-likeness (QED) is 0.310. The highest BCUT2D eigenvalue weighted by molar-refractivity contribution is 5.94. The number of para-hydroxylation sites is 1. The first-order chi connectivity index (χ1) is 19.0. The number of hydrogen-bond acceptors (Lipinski definition) is 3. The Morgan fingerprint density at radius 2 is 1.75 bits per heavy atom. The Balaban J connectivity index is 1.45. The summed E-state index contributed by atoms with van der Waals surface area (Å²) in [5.41, 5.74) is 0.782. The summed E-state index contributed by atoms with van der Waals surface area (Å²) in [6.45, 7) is 3.72. The number of urea groups is 1. The molecule has 6 nitrogen and oxygen atoms in total. The Labute approximate surface area is 227 Å². The number of anilines is 2. The predicted molar refractivity (Wildman–Crippen MR) is 138 cm³/mol. The molecule has 0 spiro atoms. The molecule has 0 bridgehead atoms. The van der Waals surface area contributed by atoms with Crippen molar-refractivity contribution >= 4 is 17.5 Å². The van der Waals surface area contributed by atoms with Gasteiger partial charge in [0, 0.05) is 30.9 Å². The number of hydrogen-bond donors (Lipinski definition) is 0.